The maximum absolute atomic E-state index is 11.9. The standard InChI is InChI=1S/C19H27NO4/c1-19(2,3)24-18(21)20-15-10-16-14(9-17(15)23-16)12-22-11-13-7-5-4-6-8-13/h4-8,14-17H,9-12H2,1-3H3,(H,20,21)/t14?,15-,16+,17+/m0/s1. The summed E-state index contributed by atoms with van der Waals surface area (Å²) in [5, 5.41) is 2.94. The summed E-state index contributed by atoms with van der Waals surface area (Å²) in [7, 11) is 0. The number of benzene rings is 1. The van der Waals surface area contributed by atoms with Gasteiger partial charge in [-0.2, -0.15) is 0 Å². The van der Waals surface area contributed by atoms with Crippen LogP contribution in [0.3, 0.4) is 0 Å². The average Bonchev–Trinajstić information content (AvgIpc) is 3.06. The molecule has 2 saturated heterocycles. The van der Waals surface area contributed by atoms with E-state index < -0.39 is 5.60 Å². The summed E-state index contributed by atoms with van der Waals surface area (Å²) < 4.78 is 17.1. The molecule has 5 heteroatoms. The van der Waals surface area contributed by atoms with Crippen molar-refractivity contribution in [3.63, 3.8) is 0 Å². The van der Waals surface area contributed by atoms with Crippen LogP contribution >= 0.6 is 0 Å². The smallest absolute Gasteiger partial charge is 0.407 e. The number of fused-ring (bicyclic) bond motifs is 2. The fourth-order valence-electron chi connectivity index (χ4n) is 3.44. The summed E-state index contributed by atoms with van der Waals surface area (Å²) in [6.45, 7) is 6.93. The Hall–Kier alpha value is -1.59. The Kier molecular flexibility index (Phi) is 5.11. The van der Waals surface area contributed by atoms with E-state index in [1.54, 1.807) is 0 Å². The molecule has 1 aromatic rings. The molecule has 4 atom stereocenters. The maximum atomic E-state index is 11.9. The fourth-order valence-corrected chi connectivity index (χ4v) is 3.44. The summed E-state index contributed by atoms with van der Waals surface area (Å²) in [5.41, 5.74) is 0.710. The lowest BCUT2D eigenvalue weighted by Gasteiger charge is -2.27. The second-order valence-corrected chi connectivity index (χ2v) is 7.70. The van der Waals surface area contributed by atoms with E-state index in [1.165, 1.54) is 5.56 Å². The molecule has 2 aliphatic heterocycles. The van der Waals surface area contributed by atoms with Crippen LogP contribution in [0, 0.1) is 5.92 Å². The van der Waals surface area contributed by atoms with Gasteiger partial charge in [-0.3, -0.25) is 0 Å². The molecule has 1 N–H and O–H groups in total. The van der Waals surface area contributed by atoms with Gasteiger partial charge in [0.2, 0.25) is 0 Å². The molecule has 5 nitrogen and oxygen atoms in total. The summed E-state index contributed by atoms with van der Waals surface area (Å²) in [6, 6.07) is 10.2. The van der Waals surface area contributed by atoms with Crippen molar-refractivity contribution >= 4 is 6.09 Å². The third kappa shape index (κ3) is 4.48. The topological polar surface area (TPSA) is 56.8 Å². The number of amides is 1. The molecule has 24 heavy (non-hydrogen) atoms. The van der Waals surface area contributed by atoms with Gasteiger partial charge >= 0.3 is 6.09 Å². The zero-order valence-corrected chi connectivity index (χ0v) is 14.7. The molecule has 0 spiro atoms. The number of ether oxygens (including phenoxy) is 3. The number of alkyl carbamates (subject to hydrolysis) is 1. The monoisotopic (exact) mass is 333 g/mol. The lowest BCUT2D eigenvalue weighted by atomic mass is 9.86. The van der Waals surface area contributed by atoms with Gasteiger partial charge in [0.25, 0.3) is 0 Å². The minimum atomic E-state index is -0.476. The summed E-state index contributed by atoms with van der Waals surface area (Å²) in [4.78, 5) is 11.9. The van der Waals surface area contributed by atoms with E-state index >= 15 is 0 Å². The Bertz CT molecular complexity index is 554. The lowest BCUT2D eigenvalue weighted by molar-refractivity contribution is 0.0433. The van der Waals surface area contributed by atoms with Gasteiger partial charge in [-0.1, -0.05) is 30.3 Å². The molecule has 0 saturated carbocycles. The quantitative estimate of drug-likeness (QED) is 0.898. The van der Waals surface area contributed by atoms with Crippen LogP contribution in [-0.2, 0) is 20.8 Å². The first-order valence-electron chi connectivity index (χ1n) is 8.67. The third-order valence-corrected chi connectivity index (χ3v) is 4.49. The van der Waals surface area contributed by atoms with E-state index in [-0.39, 0.29) is 24.3 Å². The predicted molar refractivity (Wildman–Crippen MR) is 90.6 cm³/mol. The van der Waals surface area contributed by atoms with Crippen molar-refractivity contribution in [1.82, 2.24) is 5.32 Å². The fraction of sp³-hybridized carbons (Fsp3) is 0.632. The summed E-state index contributed by atoms with van der Waals surface area (Å²) in [5.74, 6) is 0.412. The Labute approximate surface area is 143 Å². The van der Waals surface area contributed by atoms with Crippen molar-refractivity contribution in [1.29, 1.82) is 0 Å². The van der Waals surface area contributed by atoms with E-state index in [9.17, 15) is 4.79 Å². The highest BCUT2D eigenvalue weighted by molar-refractivity contribution is 5.68. The Morgan fingerprint density at radius 1 is 1.21 bits per heavy atom. The minimum absolute atomic E-state index is 0.0511. The van der Waals surface area contributed by atoms with Crippen LogP contribution in [0.15, 0.2) is 30.3 Å². The van der Waals surface area contributed by atoms with Gasteiger partial charge in [-0.05, 0) is 39.2 Å². The van der Waals surface area contributed by atoms with Gasteiger partial charge in [0, 0.05) is 5.92 Å². The van der Waals surface area contributed by atoms with Crippen molar-refractivity contribution in [2.75, 3.05) is 6.61 Å². The Balaban J connectivity index is 1.40. The number of hydrogen-bond acceptors (Lipinski definition) is 4. The van der Waals surface area contributed by atoms with Crippen LogP contribution in [0.5, 0.6) is 0 Å². The first kappa shape index (κ1) is 17.2. The zero-order valence-electron chi connectivity index (χ0n) is 14.7. The molecule has 1 aromatic carbocycles. The van der Waals surface area contributed by atoms with Crippen molar-refractivity contribution in [3.05, 3.63) is 35.9 Å². The summed E-state index contributed by atoms with van der Waals surface area (Å²) >= 11 is 0. The first-order valence-corrected chi connectivity index (χ1v) is 8.67. The molecular formula is C19H27NO4. The number of carbonyl (C=O) groups excluding carboxylic acids is 1. The molecule has 132 valence electrons. The SMILES string of the molecule is CC(C)(C)OC(=O)N[C@H]1C[C@H]2O[C@@H]1CC2COCc1ccccc1. The second kappa shape index (κ2) is 7.11. The number of hydrogen-bond donors (Lipinski definition) is 1. The molecule has 2 bridgehead atoms. The Morgan fingerprint density at radius 2 is 1.96 bits per heavy atom. The third-order valence-electron chi connectivity index (χ3n) is 4.49. The van der Waals surface area contributed by atoms with Gasteiger partial charge in [0.15, 0.2) is 0 Å². The average molecular weight is 333 g/mol. The normalized spacial score (nSPS) is 28.8. The van der Waals surface area contributed by atoms with Crippen molar-refractivity contribution in [2.45, 2.75) is 64.1 Å². The maximum Gasteiger partial charge on any atom is 0.407 e. The number of carbonyl (C=O) groups is 1. The van der Waals surface area contributed by atoms with Gasteiger partial charge in [-0.15, -0.1) is 0 Å². The van der Waals surface area contributed by atoms with Gasteiger partial charge in [-0.25, -0.2) is 4.79 Å². The van der Waals surface area contributed by atoms with E-state index in [2.05, 4.69) is 17.4 Å². The van der Waals surface area contributed by atoms with Crippen LogP contribution < -0.4 is 5.32 Å². The molecule has 0 aliphatic carbocycles. The molecule has 0 radical (unpaired) electrons. The van der Waals surface area contributed by atoms with E-state index in [0.717, 1.165) is 12.8 Å². The van der Waals surface area contributed by atoms with Crippen LogP contribution in [0.25, 0.3) is 0 Å². The van der Waals surface area contributed by atoms with E-state index in [1.807, 2.05) is 39.0 Å². The van der Waals surface area contributed by atoms with Crippen LogP contribution in [0.2, 0.25) is 0 Å². The highest BCUT2D eigenvalue weighted by atomic mass is 16.6. The van der Waals surface area contributed by atoms with Crippen LogP contribution in [0.4, 0.5) is 4.79 Å². The molecule has 2 aliphatic rings. The largest absolute Gasteiger partial charge is 0.444 e. The minimum Gasteiger partial charge on any atom is -0.444 e. The van der Waals surface area contributed by atoms with Gasteiger partial charge < -0.3 is 19.5 Å². The first-order chi connectivity index (χ1) is 11.4. The van der Waals surface area contributed by atoms with E-state index in [4.69, 9.17) is 14.2 Å². The predicted octanol–water partition coefficient (Wildman–Crippen LogP) is 3.27. The zero-order chi connectivity index (χ0) is 17.2. The van der Waals surface area contributed by atoms with Crippen molar-refractivity contribution in [3.8, 4) is 0 Å². The van der Waals surface area contributed by atoms with Gasteiger partial charge in [0.1, 0.15) is 5.60 Å². The number of rotatable bonds is 5. The Morgan fingerprint density at radius 3 is 2.58 bits per heavy atom. The molecule has 2 heterocycles. The van der Waals surface area contributed by atoms with E-state index in [0.29, 0.717) is 19.1 Å². The molecule has 0 aromatic heterocycles. The summed E-state index contributed by atoms with van der Waals surface area (Å²) in [6.07, 6.45) is 1.66. The van der Waals surface area contributed by atoms with Gasteiger partial charge in [0.05, 0.1) is 31.5 Å². The highest BCUT2D eigenvalue weighted by Gasteiger charge is 2.47. The van der Waals surface area contributed by atoms with Crippen LogP contribution in [-0.4, -0.2) is 36.6 Å². The van der Waals surface area contributed by atoms with Crippen molar-refractivity contribution in [2.24, 2.45) is 5.92 Å². The molecule has 3 rings (SSSR count). The van der Waals surface area contributed by atoms with Crippen LogP contribution in [0.1, 0.15) is 39.2 Å². The second-order valence-electron chi connectivity index (χ2n) is 7.70. The molecular weight excluding hydrogens is 306 g/mol. The molecule has 1 unspecified atom stereocenters. The van der Waals surface area contributed by atoms with Crippen molar-refractivity contribution < 1.29 is 19.0 Å². The highest BCUT2D eigenvalue weighted by Crippen LogP contribution is 2.39. The number of nitrogens with one attached hydrogen (secondary N) is 1. The molecule has 1 amide bonds. The lowest BCUT2D eigenvalue weighted by Crippen LogP contribution is -2.45. The molecule has 2 fully saturated rings.